The molecule has 1 aromatic heterocycles. The van der Waals surface area contributed by atoms with E-state index in [4.69, 9.17) is 0 Å². The zero-order chi connectivity index (χ0) is 18.3. The van der Waals surface area contributed by atoms with Crippen LogP contribution in [0.2, 0.25) is 0 Å². The summed E-state index contributed by atoms with van der Waals surface area (Å²) in [6, 6.07) is 7.45. The van der Waals surface area contributed by atoms with Crippen LogP contribution in [-0.4, -0.2) is 34.5 Å². The highest BCUT2D eigenvalue weighted by Gasteiger charge is 2.16. The van der Waals surface area contributed by atoms with Gasteiger partial charge in [-0.15, -0.1) is 24.0 Å². The molecule has 26 heavy (non-hydrogen) atoms. The lowest BCUT2D eigenvalue weighted by Crippen LogP contribution is -2.41. The van der Waals surface area contributed by atoms with Crippen LogP contribution in [0.3, 0.4) is 0 Å². The highest BCUT2D eigenvalue weighted by molar-refractivity contribution is 14.0. The Morgan fingerprint density at radius 1 is 1.15 bits per heavy atom. The third kappa shape index (κ3) is 6.86. The van der Waals surface area contributed by atoms with Crippen molar-refractivity contribution in [3.63, 3.8) is 0 Å². The molecule has 3 N–H and O–H groups in total. The number of hydrogen-bond acceptors (Lipinski definition) is 4. The number of nitrogens with one attached hydrogen (secondary N) is 3. The van der Waals surface area contributed by atoms with Crippen molar-refractivity contribution in [3.05, 3.63) is 51.7 Å². The number of aliphatic imine (C=N–C) groups is 1. The molecule has 0 amide bonds. The molecule has 2 rings (SSSR count). The minimum absolute atomic E-state index is 0. The van der Waals surface area contributed by atoms with Gasteiger partial charge in [0, 0.05) is 26.7 Å². The van der Waals surface area contributed by atoms with Crippen LogP contribution in [0.4, 0.5) is 0 Å². The summed E-state index contributed by atoms with van der Waals surface area (Å²) in [4.78, 5) is 4.45. The Bertz CT molecular complexity index is 821. The van der Waals surface area contributed by atoms with Crippen molar-refractivity contribution in [2.45, 2.75) is 25.3 Å². The fraction of sp³-hybridized carbons (Fsp3) is 0.353. The van der Waals surface area contributed by atoms with Crippen LogP contribution >= 0.6 is 35.3 Å². The molecule has 0 bridgehead atoms. The second-order valence-corrected chi connectivity index (χ2v) is 8.17. The van der Waals surface area contributed by atoms with E-state index in [9.17, 15) is 8.42 Å². The summed E-state index contributed by atoms with van der Waals surface area (Å²) in [5.74, 6) is 0.636. The lowest BCUT2D eigenvalue weighted by atomic mass is 10.2. The van der Waals surface area contributed by atoms with E-state index in [1.54, 1.807) is 31.4 Å². The molecule has 0 spiro atoms. The lowest BCUT2D eigenvalue weighted by molar-refractivity contribution is 0.580. The summed E-state index contributed by atoms with van der Waals surface area (Å²) in [5, 5.41) is 10.4. The molecule has 1 aromatic carbocycles. The third-order valence-electron chi connectivity index (χ3n) is 3.61. The van der Waals surface area contributed by atoms with Gasteiger partial charge in [-0.05, 0) is 53.4 Å². The maximum absolute atomic E-state index is 12.4. The van der Waals surface area contributed by atoms with Crippen molar-refractivity contribution in [2.24, 2.45) is 4.99 Å². The summed E-state index contributed by atoms with van der Waals surface area (Å²) < 4.78 is 27.5. The zero-order valence-electron chi connectivity index (χ0n) is 15.1. The maximum Gasteiger partial charge on any atom is 0.240 e. The van der Waals surface area contributed by atoms with E-state index in [0.717, 1.165) is 11.1 Å². The quantitative estimate of drug-likeness (QED) is 0.233. The van der Waals surface area contributed by atoms with Gasteiger partial charge in [0.2, 0.25) is 10.0 Å². The summed E-state index contributed by atoms with van der Waals surface area (Å²) in [6.45, 7) is 5.06. The maximum atomic E-state index is 12.4. The first-order chi connectivity index (χ1) is 11.9. The van der Waals surface area contributed by atoms with E-state index < -0.39 is 10.0 Å². The Kier molecular flexibility index (Phi) is 9.55. The third-order valence-corrected chi connectivity index (χ3v) is 5.94. The lowest BCUT2D eigenvalue weighted by Gasteiger charge is -2.13. The number of halogens is 1. The van der Waals surface area contributed by atoms with Crippen LogP contribution in [0, 0.1) is 13.8 Å². The fourth-order valence-corrected chi connectivity index (χ4v) is 4.27. The Morgan fingerprint density at radius 3 is 2.58 bits per heavy atom. The van der Waals surface area contributed by atoms with Crippen LogP contribution < -0.4 is 15.4 Å². The van der Waals surface area contributed by atoms with E-state index in [1.807, 2.05) is 30.5 Å². The number of rotatable bonds is 7. The van der Waals surface area contributed by atoms with Gasteiger partial charge in [-0.25, -0.2) is 13.1 Å². The highest BCUT2D eigenvalue weighted by atomic mass is 127. The van der Waals surface area contributed by atoms with Crippen LogP contribution in [-0.2, 0) is 16.6 Å². The molecule has 0 saturated carbocycles. The van der Waals surface area contributed by atoms with Crippen molar-refractivity contribution < 1.29 is 8.42 Å². The Morgan fingerprint density at radius 2 is 1.92 bits per heavy atom. The van der Waals surface area contributed by atoms with Crippen molar-refractivity contribution in [1.29, 1.82) is 0 Å². The largest absolute Gasteiger partial charge is 0.355 e. The van der Waals surface area contributed by atoms with Gasteiger partial charge in [-0.3, -0.25) is 4.99 Å². The number of thiophene rings is 1. The molecular weight excluding hydrogens is 483 g/mol. The summed E-state index contributed by atoms with van der Waals surface area (Å²) in [6.07, 6.45) is 0. The molecule has 0 saturated heterocycles. The van der Waals surface area contributed by atoms with Crippen LogP contribution in [0.1, 0.15) is 16.7 Å². The van der Waals surface area contributed by atoms with Crippen LogP contribution in [0.25, 0.3) is 0 Å². The molecule has 0 aliphatic carbocycles. The topological polar surface area (TPSA) is 82.6 Å². The van der Waals surface area contributed by atoms with Gasteiger partial charge < -0.3 is 10.6 Å². The van der Waals surface area contributed by atoms with Gasteiger partial charge in [0.1, 0.15) is 0 Å². The molecule has 0 aliphatic heterocycles. The monoisotopic (exact) mass is 508 g/mol. The molecule has 144 valence electrons. The van der Waals surface area contributed by atoms with E-state index in [0.29, 0.717) is 23.9 Å². The molecule has 0 radical (unpaired) electrons. The minimum atomic E-state index is -3.51. The molecule has 2 aromatic rings. The number of sulfonamides is 1. The number of nitrogens with zero attached hydrogens (tertiary/aromatic N) is 1. The van der Waals surface area contributed by atoms with Gasteiger partial charge in [-0.2, -0.15) is 11.3 Å². The molecule has 1 heterocycles. The second kappa shape index (κ2) is 10.9. The second-order valence-electron chi connectivity index (χ2n) is 5.65. The Hall–Kier alpha value is -1.17. The number of aryl methyl sites for hydroxylation is 2. The molecule has 0 fully saturated rings. The van der Waals surface area contributed by atoms with Gasteiger partial charge in [0.15, 0.2) is 5.96 Å². The van der Waals surface area contributed by atoms with Gasteiger partial charge in [-0.1, -0.05) is 12.1 Å². The molecule has 6 nitrogen and oxygen atoms in total. The molecule has 9 heteroatoms. The van der Waals surface area contributed by atoms with Crippen molar-refractivity contribution in [1.82, 2.24) is 15.4 Å². The summed E-state index contributed by atoms with van der Waals surface area (Å²) in [5.41, 5.74) is 2.84. The first-order valence-corrected chi connectivity index (χ1v) is 10.4. The number of benzene rings is 1. The smallest absolute Gasteiger partial charge is 0.240 e. The van der Waals surface area contributed by atoms with Gasteiger partial charge in [0.25, 0.3) is 0 Å². The predicted molar refractivity (Wildman–Crippen MR) is 119 cm³/mol. The van der Waals surface area contributed by atoms with E-state index >= 15 is 0 Å². The van der Waals surface area contributed by atoms with E-state index in [1.165, 1.54) is 5.56 Å². The van der Waals surface area contributed by atoms with Crippen molar-refractivity contribution >= 4 is 51.3 Å². The van der Waals surface area contributed by atoms with E-state index in [2.05, 4.69) is 25.7 Å². The van der Waals surface area contributed by atoms with Crippen LogP contribution in [0.15, 0.2) is 44.9 Å². The molecular formula is C17H25IN4O2S2. The molecule has 0 atom stereocenters. The average Bonchev–Trinajstić information content (AvgIpc) is 3.09. The number of guanidine groups is 1. The van der Waals surface area contributed by atoms with Crippen molar-refractivity contribution in [2.75, 3.05) is 20.1 Å². The average molecular weight is 508 g/mol. The van der Waals surface area contributed by atoms with Gasteiger partial charge >= 0.3 is 0 Å². The number of hydrogen-bond donors (Lipinski definition) is 3. The SMILES string of the molecule is CN=C(NCCNS(=O)(=O)c1cc(C)ccc1C)NCc1ccsc1.I. The van der Waals surface area contributed by atoms with Gasteiger partial charge in [0.05, 0.1) is 4.90 Å². The zero-order valence-corrected chi connectivity index (χ0v) is 19.0. The Labute approximate surface area is 176 Å². The highest BCUT2D eigenvalue weighted by Crippen LogP contribution is 2.16. The van der Waals surface area contributed by atoms with E-state index in [-0.39, 0.29) is 30.5 Å². The minimum Gasteiger partial charge on any atom is -0.355 e. The fourth-order valence-electron chi connectivity index (χ4n) is 2.24. The summed E-state index contributed by atoms with van der Waals surface area (Å²) >= 11 is 1.65. The standard InChI is InChI=1S/C17H24N4O2S2.HI/c1-13-4-5-14(2)16(10-13)25(22,23)21-8-7-19-17(18-3)20-11-15-6-9-24-12-15;/h4-6,9-10,12,21H,7-8,11H2,1-3H3,(H2,18,19,20);1H. The molecule has 0 aliphatic rings. The first kappa shape index (κ1) is 22.9. The van der Waals surface area contributed by atoms with Crippen LogP contribution in [0.5, 0.6) is 0 Å². The summed E-state index contributed by atoms with van der Waals surface area (Å²) in [7, 11) is -1.83. The predicted octanol–water partition coefficient (Wildman–Crippen LogP) is 2.63. The van der Waals surface area contributed by atoms with Crippen molar-refractivity contribution in [3.8, 4) is 0 Å². The Balaban J connectivity index is 0.00000338. The normalized spacial score (nSPS) is 11.7. The molecule has 0 unspecified atom stereocenters. The first-order valence-electron chi connectivity index (χ1n) is 7.95.